The summed E-state index contributed by atoms with van der Waals surface area (Å²) in [5, 5.41) is 4.48. The number of carbonyl (C=O) groups is 1. The van der Waals surface area contributed by atoms with Crippen LogP contribution in [-0.2, 0) is 16.4 Å². The van der Waals surface area contributed by atoms with Crippen LogP contribution in [0.25, 0.3) is 11.3 Å². The van der Waals surface area contributed by atoms with E-state index in [1.807, 2.05) is 43.3 Å². The number of rotatable bonds is 7. The van der Waals surface area contributed by atoms with Crippen molar-refractivity contribution in [3.63, 3.8) is 0 Å². The smallest absolute Gasteiger partial charge is 0.276 e. The van der Waals surface area contributed by atoms with Crippen molar-refractivity contribution in [2.24, 2.45) is 0 Å². The predicted octanol–water partition coefficient (Wildman–Crippen LogP) is 4.22. The molecule has 0 spiro atoms. The number of benzene rings is 2. The van der Waals surface area contributed by atoms with Crippen LogP contribution in [0.3, 0.4) is 0 Å². The van der Waals surface area contributed by atoms with Crippen molar-refractivity contribution in [3.8, 4) is 17.1 Å². The first-order valence-electron chi connectivity index (χ1n) is 10.3. The maximum Gasteiger partial charge on any atom is 0.276 e. The minimum atomic E-state index is -3.19. The second-order valence-corrected chi connectivity index (χ2v) is 10.3. The summed E-state index contributed by atoms with van der Waals surface area (Å²) in [7, 11) is -3.19. The molecule has 9 heteroatoms. The van der Waals surface area contributed by atoms with Crippen LogP contribution in [0.1, 0.15) is 29.4 Å². The molecule has 2 heterocycles. The Morgan fingerprint density at radius 2 is 1.97 bits per heavy atom. The first-order chi connectivity index (χ1) is 15.4. The van der Waals surface area contributed by atoms with E-state index in [1.165, 1.54) is 4.90 Å². The van der Waals surface area contributed by atoms with Crippen LogP contribution in [-0.4, -0.2) is 48.5 Å². The summed E-state index contributed by atoms with van der Waals surface area (Å²) in [6, 6.07) is 15.6. The van der Waals surface area contributed by atoms with E-state index in [-0.39, 0.29) is 23.7 Å². The summed E-state index contributed by atoms with van der Waals surface area (Å²) >= 11 is 6.30. The summed E-state index contributed by atoms with van der Waals surface area (Å²) in [6.45, 7) is 2.66. The number of carbonyl (C=O) groups excluding carboxylic acids is 1. The number of nitrogens with zero attached hydrogens (tertiary/aromatic N) is 2. The lowest BCUT2D eigenvalue weighted by atomic mass is 10.1. The van der Waals surface area contributed by atoms with Gasteiger partial charge in [-0.2, -0.15) is 0 Å². The summed E-state index contributed by atoms with van der Waals surface area (Å²) in [6.07, 6.45) is 0.377. The Morgan fingerprint density at radius 3 is 2.62 bits per heavy atom. The molecule has 1 saturated heterocycles. The van der Waals surface area contributed by atoms with Crippen LogP contribution in [0, 0.1) is 0 Å². The molecule has 0 bridgehead atoms. The predicted molar refractivity (Wildman–Crippen MR) is 121 cm³/mol. The molecule has 4 rings (SSSR count). The number of halogens is 1. The van der Waals surface area contributed by atoms with E-state index in [2.05, 4.69) is 5.16 Å². The van der Waals surface area contributed by atoms with Gasteiger partial charge in [-0.05, 0) is 49.2 Å². The van der Waals surface area contributed by atoms with Crippen LogP contribution >= 0.6 is 11.6 Å². The molecule has 0 radical (unpaired) electrons. The van der Waals surface area contributed by atoms with E-state index in [4.69, 9.17) is 20.9 Å². The zero-order valence-electron chi connectivity index (χ0n) is 17.5. The lowest BCUT2D eigenvalue weighted by Crippen LogP contribution is -2.40. The number of hydrogen-bond donors (Lipinski definition) is 0. The van der Waals surface area contributed by atoms with Gasteiger partial charge in [0.2, 0.25) is 0 Å². The minimum Gasteiger partial charge on any atom is -0.494 e. The molecule has 32 heavy (non-hydrogen) atoms. The highest BCUT2D eigenvalue weighted by Crippen LogP contribution is 2.27. The Morgan fingerprint density at radius 1 is 1.22 bits per heavy atom. The fourth-order valence-corrected chi connectivity index (χ4v) is 5.67. The Hall–Kier alpha value is -2.84. The van der Waals surface area contributed by atoms with E-state index < -0.39 is 21.8 Å². The number of amides is 1. The van der Waals surface area contributed by atoms with E-state index in [0.717, 1.165) is 16.9 Å². The van der Waals surface area contributed by atoms with E-state index in [0.29, 0.717) is 23.8 Å². The highest BCUT2D eigenvalue weighted by molar-refractivity contribution is 7.91. The second kappa shape index (κ2) is 9.34. The quantitative estimate of drug-likeness (QED) is 0.509. The summed E-state index contributed by atoms with van der Waals surface area (Å²) in [5.41, 5.74) is 1.60. The van der Waals surface area contributed by atoms with Crippen LogP contribution in [0.5, 0.6) is 5.75 Å². The van der Waals surface area contributed by atoms with Gasteiger partial charge in [-0.1, -0.05) is 35.0 Å². The molecule has 168 valence electrons. The van der Waals surface area contributed by atoms with Gasteiger partial charge >= 0.3 is 0 Å². The fourth-order valence-electron chi connectivity index (χ4n) is 3.74. The number of hydrogen-bond acceptors (Lipinski definition) is 6. The summed E-state index contributed by atoms with van der Waals surface area (Å²) in [4.78, 5) is 14.9. The van der Waals surface area contributed by atoms with Crippen molar-refractivity contribution in [2.45, 2.75) is 25.9 Å². The van der Waals surface area contributed by atoms with Gasteiger partial charge < -0.3 is 14.2 Å². The Balaban J connectivity index is 1.60. The monoisotopic (exact) mass is 474 g/mol. The molecule has 0 N–H and O–H groups in total. The normalized spacial score (nSPS) is 17.2. The molecule has 3 aromatic rings. The lowest BCUT2D eigenvalue weighted by molar-refractivity contribution is 0.0670. The average Bonchev–Trinajstić information content (AvgIpc) is 3.40. The van der Waals surface area contributed by atoms with Crippen LogP contribution in [0.4, 0.5) is 0 Å². The van der Waals surface area contributed by atoms with Crippen molar-refractivity contribution in [1.29, 1.82) is 0 Å². The number of sulfone groups is 1. The Kier molecular flexibility index (Phi) is 6.53. The first-order valence-corrected chi connectivity index (χ1v) is 12.5. The molecule has 1 atom stereocenters. The van der Waals surface area contributed by atoms with Gasteiger partial charge in [-0.3, -0.25) is 4.79 Å². The largest absolute Gasteiger partial charge is 0.494 e. The molecule has 1 aliphatic heterocycles. The highest BCUT2D eigenvalue weighted by Gasteiger charge is 2.36. The number of aromatic nitrogens is 1. The van der Waals surface area contributed by atoms with Gasteiger partial charge in [0, 0.05) is 29.2 Å². The van der Waals surface area contributed by atoms with Gasteiger partial charge in [0.25, 0.3) is 5.91 Å². The van der Waals surface area contributed by atoms with Crippen LogP contribution in [0.15, 0.2) is 59.1 Å². The van der Waals surface area contributed by atoms with Crippen molar-refractivity contribution in [3.05, 3.63) is 70.9 Å². The van der Waals surface area contributed by atoms with Crippen molar-refractivity contribution in [1.82, 2.24) is 10.1 Å². The van der Waals surface area contributed by atoms with E-state index >= 15 is 0 Å². The molecule has 1 amide bonds. The zero-order chi connectivity index (χ0) is 22.7. The van der Waals surface area contributed by atoms with Crippen molar-refractivity contribution < 1.29 is 22.5 Å². The molecule has 0 unspecified atom stereocenters. The topological polar surface area (TPSA) is 89.7 Å². The molecule has 7 nitrogen and oxygen atoms in total. The standard InChI is InChI=1S/C23H23ClN2O5S/c1-2-30-19-9-7-16(8-10-19)22-13-21(25-31-22)23(27)26(18-11-12-32(28,29)15-18)14-17-5-3-4-6-20(17)24/h3-10,13,18H,2,11-12,14-15H2,1H3/t18-/m0/s1. The molecule has 2 aromatic carbocycles. The maximum atomic E-state index is 13.4. The first kappa shape index (κ1) is 22.4. The summed E-state index contributed by atoms with van der Waals surface area (Å²) < 4.78 is 35.0. The Labute approximate surface area is 191 Å². The van der Waals surface area contributed by atoms with E-state index in [1.54, 1.807) is 18.2 Å². The van der Waals surface area contributed by atoms with Crippen LogP contribution in [0.2, 0.25) is 5.02 Å². The molecule has 0 aliphatic carbocycles. The molecule has 0 saturated carbocycles. The maximum absolute atomic E-state index is 13.4. The summed E-state index contributed by atoms with van der Waals surface area (Å²) in [5.74, 6) is 0.758. The van der Waals surface area contributed by atoms with Crippen LogP contribution < -0.4 is 4.74 Å². The third-order valence-electron chi connectivity index (χ3n) is 5.39. The SMILES string of the molecule is CCOc1ccc(-c2cc(C(=O)N(Cc3ccccc3Cl)[C@H]3CCS(=O)(=O)C3)no2)cc1. The van der Waals surface area contributed by atoms with Gasteiger partial charge in [-0.15, -0.1) is 0 Å². The molecule has 1 aliphatic rings. The third-order valence-corrected chi connectivity index (χ3v) is 7.51. The van der Waals surface area contributed by atoms with Gasteiger partial charge in [0.15, 0.2) is 21.3 Å². The van der Waals surface area contributed by atoms with Crippen molar-refractivity contribution >= 4 is 27.3 Å². The molecular formula is C23H23ClN2O5S. The van der Waals surface area contributed by atoms with E-state index in [9.17, 15) is 13.2 Å². The van der Waals surface area contributed by atoms with Gasteiger partial charge in [-0.25, -0.2) is 8.42 Å². The molecule has 1 fully saturated rings. The number of ether oxygens (including phenoxy) is 1. The van der Waals surface area contributed by atoms with Crippen molar-refractivity contribution in [2.75, 3.05) is 18.1 Å². The zero-order valence-corrected chi connectivity index (χ0v) is 19.1. The molecule has 1 aromatic heterocycles. The highest BCUT2D eigenvalue weighted by atomic mass is 35.5. The van der Waals surface area contributed by atoms with Gasteiger partial charge in [0.1, 0.15) is 5.75 Å². The third kappa shape index (κ3) is 4.97. The average molecular weight is 475 g/mol. The lowest BCUT2D eigenvalue weighted by Gasteiger charge is -2.28. The second-order valence-electron chi connectivity index (χ2n) is 7.62. The Bertz CT molecular complexity index is 1210. The van der Waals surface area contributed by atoms with Gasteiger partial charge in [0.05, 0.1) is 18.1 Å². The fraction of sp³-hybridized carbons (Fsp3) is 0.304. The molecular weight excluding hydrogens is 452 g/mol. The minimum absolute atomic E-state index is 0.0558.